The summed E-state index contributed by atoms with van der Waals surface area (Å²) in [7, 11) is 1.80. The van der Waals surface area contributed by atoms with E-state index in [1.807, 2.05) is 72.8 Å². The number of carbonyl (C=O) groups excluding carboxylic acids is 2. The summed E-state index contributed by atoms with van der Waals surface area (Å²) < 4.78 is 14.6. The summed E-state index contributed by atoms with van der Waals surface area (Å²) in [5.74, 6) is -0.0339. The number of benzene rings is 3. The lowest BCUT2D eigenvalue weighted by atomic mass is 9.97. The van der Waals surface area contributed by atoms with Crippen LogP contribution in [-0.2, 0) is 39.3 Å². The number of amides is 2. The molecule has 2 amide bonds. The van der Waals surface area contributed by atoms with Gasteiger partial charge in [0.25, 0.3) is 0 Å². The predicted octanol–water partition coefficient (Wildman–Crippen LogP) is 4.00. The summed E-state index contributed by atoms with van der Waals surface area (Å²) in [5.41, 5.74) is 7.23. The fourth-order valence-electron chi connectivity index (χ4n) is 5.06. The highest BCUT2D eigenvalue weighted by atomic mass is 32.2. The Hall–Kier alpha value is -4.14. The SMILES string of the molecule is Cn1nnnc1SC[C@H]1C[C@@H](c2ccc(CO)cc2)O[C@@H](c2ccc(-c3ccccc3CNC(=O)CCCC(=O)NO)cc2)O1. The van der Waals surface area contributed by atoms with Crippen LogP contribution in [0.25, 0.3) is 11.1 Å². The molecule has 1 aliphatic rings. The maximum Gasteiger partial charge on any atom is 0.243 e. The molecule has 12 nitrogen and oxygen atoms in total. The number of aromatic nitrogens is 4. The van der Waals surface area contributed by atoms with Gasteiger partial charge in [-0.15, -0.1) is 5.10 Å². The minimum atomic E-state index is -0.596. The van der Waals surface area contributed by atoms with Gasteiger partial charge in [0.15, 0.2) is 6.29 Å². The Kier molecular flexibility index (Phi) is 11.3. The lowest BCUT2D eigenvalue weighted by Crippen LogP contribution is -2.31. The quantitative estimate of drug-likeness (QED) is 0.0964. The molecule has 0 radical (unpaired) electrons. The number of aryl methyl sites for hydroxylation is 1. The van der Waals surface area contributed by atoms with E-state index in [0.717, 1.165) is 33.4 Å². The van der Waals surface area contributed by atoms with Crippen molar-refractivity contribution < 1.29 is 29.4 Å². The first-order chi connectivity index (χ1) is 21.9. The van der Waals surface area contributed by atoms with E-state index in [1.54, 1.807) is 17.2 Å². The maximum atomic E-state index is 12.3. The normalized spacial score (nSPS) is 18.0. The molecule has 3 atom stereocenters. The Balaban J connectivity index is 1.28. The predicted molar refractivity (Wildman–Crippen MR) is 165 cm³/mol. The number of hydroxylamine groups is 1. The van der Waals surface area contributed by atoms with Gasteiger partial charge in [-0.25, -0.2) is 10.2 Å². The molecule has 0 saturated carbocycles. The van der Waals surface area contributed by atoms with Crippen LogP contribution in [-0.4, -0.2) is 54.2 Å². The second kappa shape index (κ2) is 15.7. The molecule has 13 heteroatoms. The highest BCUT2D eigenvalue weighted by Crippen LogP contribution is 2.39. The number of tetrazole rings is 1. The minimum absolute atomic E-state index is 0.0180. The Morgan fingerprint density at radius 1 is 0.978 bits per heavy atom. The smallest absolute Gasteiger partial charge is 0.243 e. The molecule has 1 aromatic heterocycles. The van der Waals surface area contributed by atoms with Crippen LogP contribution in [0.5, 0.6) is 0 Å². The van der Waals surface area contributed by atoms with Crippen molar-refractivity contribution in [3.63, 3.8) is 0 Å². The average molecular weight is 633 g/mol. The number of ether oxygens (including phenoxy) is 2. The molecular weight excluding hydrogens is 596 g/mol. The van der Waals surface area contributed by atoms with E-state index in [1.165, 1.54) is 11.8 Å². The molecule has 1 fully saturated rings. The molecule has 2 heterocycles. The monoisotopic (exact) mass is 632 g/mol. The number of nitrogens with zero attached hydrogens (tertiary/aromatic N) is 4. The van der Waals surface area contributed by atoms with Gasteiger partial charge in [0, 0.05) is 44.2 Å². The summed E-state index contributed by atoms with van der Waals surface area (Å²) in [6.07, 6.45) is 0.333. The molecule has 5 rings (SSSR count). The van der Waals surface area contributed by atoms with Gasteiger partial charge in [-0.2, -0.15) is 0 Å². The highest BCUT2D eigenvalue weighted by Gasteiger charge is 2.32. The lowest BCUT2D eigenvalue weighted by molar-refractivity contribution is -0.245. The van der Waals surface area contributed by atoms with Gasteiger partial charge in [0.1, 0.15) is 0 Å². The highest BCUT2D eigenvalue weighted by molar-refractivity contribution is 7.99. The first-order valence-corrected chi connectivity index (χ1v) is 15.7. The molecule has 236 valence electrons. The number of carbonyl (C=O) groups is 2. The number of aliphatic hydroxyl groups is 1. The molecule has 1 saturated heterocycles. The van der Waals surface area contributed by atoms with Crippen molar-refractivity contribution in [1.82, 2.24) is 31.0 Å². The van der Waals surface area contributed by atoms with Crippen molar-refractivity contribution in [2.45, 2.75) is 62.5 Å². The third kappa shape index (κ3) is 8.74. The van der Waals surface area contributed by atoms with Crippen molar-refractivity contribution in [3.8, 4) is 11.1 Å². The number of nitrogens with one attached hydrogen (secondary N) is 2. The van der Waals surface area contributed by atoms with Gasteiger partial charge in [0.05, 0.1) is 18.8 Å². The Morgan fingerprint density at radius 3 is 2.42 bits per heavy atom. The molecule has 4 aromatic rings. The van der Waals surface area contributed by atoms with E-state index >= 15 is 0 Å². The van der Waals surface area contributed by atoms with Crippen LogP contribution in [0.4, 0.5) is 0 Å². The van der Waals surface area contributed by atoms with E-state index in [2.05, 4.69) is 20.8 Å². The van der Waals surface area contributed by atoms with Crippen molar-refractivity contribution in [2.75, 3.05) is 5.75 Å². The molecule has 3 aromatic carbocycles. The van der Waals surface area contributed by atoms with Gasteiger partial charge >= 0.3 is 0 Å². The van der Waals surface area contributed by atoms with E-state index in [9.17, 15) is 14.7 Å². The standard InChI is InChI=1S/C32H36N6O6S/c1-38-32(34-36-37-38)45-20-26-17-28(23-11-9-21(19-39)10-12-23)44-31(43-26)24-15-13-22(14-16-24)27-6-3-2-5-25(27)18-33-29(40)7-4-8-30(41)35-42/h2-3,5-6,9-16,26,28,31,39,42H,4,7-8,17-20H2,1H3,(H,33,40)(H,35,41)/t26-,28+,31+/m1/s1. The van der Waals surface area contributed by atoms with Gasteiger partial charge < -0.3 is 19.9 Å². The molecule has 4 N–H and O–H groups in total. The zero-order chi connectivity index (χ0) is 31.6. The largest absolute Gasteiger partial charge is 0.392 e. The summed E-state index contributed by atoms with van der Waals surface area (Å²) in [6.45, 7) is 0.324. The van der Waals surface area contributed by atoms with E-state index in [-0.39, 0.29) is 37.6 Å². The van der Waals surface area contributed by atoms with Crippen LogP contribution >= 0.6 is 11.8 Å². The average Bonchev–Trinajstić information content (AvgIpc) is 3.50. The van der Waals surface area contributed by atoms with Gasteiger partial charge in [-0.05, 0) is 44.7 Å². The fourth-order valence-corrected chi connectivity index (χ4v) is 5.92. The van der Waals surface area contributed by atoms with Crippen molar-refractivity contribution in [1.29, 1.82) is 0 Å². The van der Waals surface area contributed by atoms with Crippen LogP contribution in [0.3, 0.4) is 0 Å². The van der Waals surface area contributed by atoms with Crippen molar-refractivity contribution in [2.24, 2.45) is 7.05 Å². The lowest BCUT2D eigenvalue weighted by Gasteiger charge is -2.36. The van der Waals surface area contributed by atoms with Crippen molar-refractivity contribution >= 4 is 23.6 Å². The molecule has 45 heavy (non-hydrogen) atoms. The summed E-state index contributed by atoms with van der Waals surface area (Å²) in [5, 5.41) is 33.4. The van der Waals surface area contributed by atoms with Crippen LogP contribution in [0.15, 0.2) is 78.0 Å². The van der Waals surface area contributed by atoms with Crippen LogP contribution in [0.2, 0.25) is 0 Å². The first-order valence-electron chi connectivity index (χ1n) is 14.7. The number of hydrogen-bond acceptors (Lipinski definition) is 10. The second-order valence-corrected chi connectivity index (χ2v) is 11.7. The number of aliphatic hydroxyl groups excluding tert-OH is 1. The zero-order valence-electron chi connectivity index (χ0n) is 24.8. The molecule has 0 spiro atoms. The molecular formula is C32H36N6O6S. The molecule has 1 aliphatic heterocycles. The second-order valence-electron chi connectivity index (χ2n) is 10.7. The minimum Gasteiger partial charge on any atom is -0.392 e. The van der Waals surface area contributed by atoms with Gasteiger partial charge in [0.2, 0.25) is 17.0 Å². The number of hydrogen-bond donors (Lipinski definition) is 4. The summed E-state index contributed by atoms with van der Waals surface area (Å²) >= 11 is 1.53. The summed E-state index contributed by atoms with van der Waals surface area (Å²) in [6, 6.07) is 23.7. The van der Waals surface area contributed by atoms with Crippen LogP contribution in [0, 0.1) is 0 Å². The Labute approximate surface area is 265 Å². The topological polar surface area (TPSA) is 161 Å². The summed E-state index contributed by atoms with van der Waals surface area (Å²) in [4.78, 5) is 23.5. The molecule has 0 unspecified atom stereocenters. The maximum absolute atomic E-state index is 12.3. The Morgan fingerprint density at radius 2 is 1.71 bits per heavy atom. The van der Waals surface area contributed by atoms with Gasteiger partial charge in [-0.1, -0.05) is 84.6 Å². The molecule has 0 aliphatic carbocycles. The van der Waals surface area contributed by atoms with E-state index < -0.39 is 12.2 Å². The third-order valence-corrected chi connectivity index (χ3v) is 8.66. The third-order valence-electron chi connectivity index (χ3n) is 7.51. The van der Waals surface area contributed by atoms with Crippen LogP contribution in [0.1, 0.15) is 60.3 Å². The molecule has 0 bridgehead atoms. The fraction of sp³-hybridized carbons (Fsp3) is 0.344. The number of thioether (sulfide) groups is 1. The van der Waals surface area contributed by atoms with Gasteiger partial charge in [-0.3, -0.25) is 14.8 Å². The zero-order valence-corrected chi connectivity index (χ0v) is 25.7. The van der Waals surface area contributed by atoms with E-state index in [4.69, 9.17) is 14.7 Å². The Bertz CT molecular complexity index is 1570. The van der Waals surface area contributed by atoms with Crippen molar-refractivity contribution in [3.05, 3.63) is 95.1 Å². The van der Waals surface area contributed by atoms with Crippen LogP contribution < -0.4 is 10.8 Å². The number of rotatable bonds is 13. The van der Waals surface area contributed by atoms with E-state index in [0.29, 0.717) is 30.3 Å². The first kappa shape index (κ1) is 32.3.